The van der Waals surface area contributed by atoms with Crippen LogP contribution in [0.5, 0.6) is 5.75 Å². The molecule has 0 aromatic heterocycles. The van der Waals surface area contributed by atoms with Crippen LogP contribution in [0.3, 0.4) is 0 Å². The molecular formula is C7H5Cl3O. The van der Waals surface area contributed by atoms with E-state index in [0.29, 0.717) is 15.8 Å². The van der Waals surface area contributed by atoms with E-state index in [-0.39, 0.29) is 6.07 Å². The minimum absolute atomic E-state index is 0.0695. The molecule has 0 spiro atoms. The third kappa shape index (κ3) is 2.16. The van der Waals surface area contributed by atoms with Crippen LogP contribution in [-0.4, -0.2) is 6.07 Å². The van der Waals surface area contributed by atoms with Crippen LogP contribution in [0.15, 0.2) is 18.2 Å². The Morgan fingerprint density at radius 3 is 2.64 bits per heavy atom. The summed E-state index contributed by atoms with van der Waals surface area (Å²) >= 11 is 16.8. The van der Waals surface area contributed by atoms with Crippen LogP contribution < -0.4 is 4.74 Å². The zero-order chi connectivity index (χ0) is 8.27. The summed E-state index contributed by atoms with van der Waals surface area (Å²) in [6, 6.07) is 5.21. The maximum absolute atomic E-state index is 5.76. The lowest BCUT2D eigenvalue weighted by Crippen LogP contribution is -1.89. The van der Waals surface area contributed by atoms with Crippen LogP contribution in [0, 0.1) is 0 Å². The van der Waals surface area contributed by atoms with Crippen molar-refractivity contribution in [2.45, 2.75) is 0 Å². The van der Waals surface area contributed by atoms with Gasteiger partial charge in [-0.15, -0.1) is 0 Å². The summed E-state index contributed by atoms with van der Waals surface area (Å²) in [4.78, 5) is 0. The maximum Gasteiger partial charge on any atom is 0.162 e. The van der Waals surface area contributed by atoms with E-state index in [2.05, 4.69) is 0 Å². The molecule has 0 aliphatic rings. The van der Waals surface area contributed by atoms with E-state index in [1.807, 2.05) is 0 Å². The average Bonchev–Trinajstić information content (AvgIpc) is 1.99. The number of ether oxygens (including phenoxy) is 1. The molecule has 0 heterocycles. The Labute approximate surface area is 79.8 Å². The first-order valence-electron chi connectivity index (χ1n) is 2.88. The molecule has 0 saturated carbocycles. The number of halogens is 3. The summed E-state index contributed by atoms with van der Waals surface area (Å²) in [5.74, 6) is 0.508. The molecule has 1 aromatic carbocycles. The van der Waals surface area contributed by atoms with E-state index < -0.39 is 0 Å². The third-order valence-corrected chi connectivity index (χ3v) is 2.04. The van der Waals surface area contributed by atoms with Gasteiger partial charge < -0.3 is 4.74 Å². The first kappa shape index (κ1) is 8.98. The van der Waals surface area contributed by atoms with Crippen molar-refractivity contribution in [1.29, 1.82) is 0 Å². The second kappa shape index (κ2) is 4.05. The van der Waals surface area contributed by atoms with Crippen molar-refractivity contribution in [2.75, 3.05) is 6.07 Å². The van der Waals surface area contributed by atoms with Gasteiger partial charge in [0.25, 0.3) is 0 Å². The molecule has 0 bridgehead atoms. The number of benzene rings is 1. The van der Waals surface area contributed by atoms with Crippen molar-refractivity contribution in [3.8, 4) is 5.75 Å². The summed E-state index contributed by atoms with van der Waals surface area (Å²) < 4.78 is 4.97. The minimum Gasteiger partial charge on any atom is -0.476 e. The van der Waals surface area contributed by atoms with Gasteiger partial charge in [0, 0.05) is 0 Å². The van der Waals surface area contributed by atoms with Crippen molar-refractivity contribution >= 4 is 34.8 Å². The van der Waals surface area contributed by atoms with Crippen LogP contribution >= 0.6 is 34.8 Å². The average molecular weight is 211 g/mol. The van der Waals surface area contributed by atoms with E-state index in [4.69, 9.17) is 39.5 Å². The summed E-state index contributed by atoms with van der Waals surface area (Å²) in [5.41, 5.74) is 0. The lowest BCUT2D eigenvalue weighted by Gasteiger charge is -2.04. The third-order valence-electron chi connectivity index (χ3n) is 1.13. The van der Waals surface area contributed by atoms with E-state index >= 15 is 0 Å². The van der Waals surface area contributed by atoms with Crippen molar-refractivity contribution in [1.82, 2.24) is 0 Å². The number of alkyl halides is 1. The van der Waals surface area contributed by atoms with Crippen molar-refractivity contribution in [3.05, 3.63) is 28.2 Å². The summed E-state index contributed by atoms with van der Waals surface area (Å²) in [6.45, 7) is 0. The fourth-order valence-electron chi connectivity index (χ4n) is 0.654. The smallest absolute Gasteiger partial charge is 0.162 e. The topological polar surface area (TPSA) is 9.23 Å². The highest BCUT2D eigenvalue weighted by molar-refractivity contribution is 6.42. The Kier molecular flexibility index (Phi) is 3.31. The molecule has 1 rings (SSSR count). The molecule has 11 heavy (non-hydrogen) atoms. The van der Waals surface area contributed by atoms with Gasteiger partial charge in [0.05, 0.1) is 5.02 Å². The Hall–Kier alpha value is -0.110. The summed E-state index contributed by atoms with van der Waals surface area (Å²) in [7, 11) is 0. The molecule has 0 radical (unpaired) electrons. The van der Waals surface area contributed by atoms with Gasteiger partial charge in [-0.2, -0.15) is 0 Å². The Bertz CT molecular complexity index is 249. The molecule has 60 valence electrons. The minimum atomic E-state index is 0.0695. The number of hydrogen-bond acceptors (Lipinski definition) is 1. The van der Waals surface area contributed by atoms with Gasteiger partial charge in [-0.1, -0.05) is 40.9 Å². The molecule has 0 fully saturated rings. The molecule has 0 aliphatic carbocycles. The highest BCUT2D eigenvalue weighted by Crippen LogP contribution is 2.31. The standard InChI is InChI=1S/C7H5Cl3O/c8-4-11-6-3-1-2-5(9)7(6)10/h1-3H,4H2. The lowest BCUT2D eigenvalue weighted by molar-refractivity contribution is 0.388. The zero-order valence-corrected chi connectivity index (χ0v) is 7.75. The van der Waals surface area contributed by atoms with Gasteiger partial charge in [-0.3, -0.25) is 0 Å². The van der Waals surface area contributed by atoms with E-state index in [1.54, 1.807) is 18.2 Å². The molecule has 0 atom stereocenters. The van der Waals surface area contributed by atoms with E-state index in [1.165, 1.54) is 0 Å². The molecule has 0 saturated heterocycles. The van der Waals surface area contributed by atoms with Gasteiger partial charge in [0.1, 0.15) is 10.8 Å². The van der Waals surface area contributed by atoms with Crippen molar-refractivity contribution in [3.63, 3.8) is 0 Å². The molecule has 4 heteroatoms. The highest BCUT2D eigenvalue weighted by Gasteiger charge is 2.03. The maximum atomic E-state index is 5.76. The first-order valence-corrected chi connectivity index (χ1v) is 4.17. The molecule has 0 aliphatic heterocycles. The van der Waals surface area contributed by atoms with Crippen molar-refractivity contribution in [2.24, 2.45) is 0 Å². The molecular weight excluding hydrogens is 206 g/mol. The van der Waals surface area contributed by atoms with Gasteiger partial charge in [0.15, 0.2) is 6.07 Å². The second-order valence-corrected chi connectivity index (χ2v) is 2.81. The predicted molar refractivity (Wildman–Crippen MR) is 47.8 cm³/mol. The monoisotopic (exact) mass is 210 g/mol. The van der Waals surface area contributed by atoms with Crippen LogP contribution in [0.25, 0.3) is 0 Å². The molecule has 0 N–H and O–H groups in total. The van der Waals surface area contributed by atoms with Gasteiger partial charge in [0.2, 0.25) is 0 Å². The van der Waals surface area contributed by atoms with Gasteiger partial charge in [-0.25, -0.2) is 0 Å². The van der Waals surface area contributed by atoms with Crippen molar-refractivity contribution < 1.29 is 4.74 Å². The normalized spacial score (nSPS) is 9.73. The first-order chi connectivity index (χ1) is 5.25. The number of hydrogen-bond donors (Lipinski definition) is 0. The lowest BCUT2D eigenvalue weighted by atomic mass is 10.3. The fraction of sp³-hybridized carbons (Fsp3) is 0.143. The van der Waals surface area contributed by atoms with E-state index in [9.17, 15) is 0 Å². The van der Waals surface area contributed by atoms with Crippen LogP contribution in [0.4, 0.5) is 0 Å². The summed E-state index contributed by atoms with van der Waals surface area (Å²) in [5, 5.41) is 0.865. The summed E-state index contributed by atoms with van der Waals surface area (Å²) in [6.07, 6.45) is 0. The Morgan fingerprint density at radius 1 is 1.27 bits per heavy atom. The molecule has 0 amide bonds. The molecule has 1 nitrogen and oxygen atoms in total. The largest absolute Gasteiger partial charge is 0.476 e. The Balaban J connectivity index is 2.96. The SMILES string of the molecule is ClCOc1cccc(Cl)c1Cl. The van der Waals surface area contributed by atoms with Gasteiger partial charge >= 0.3 is 0 Å². The predicted octanol–water partition coefficient (Wildman–Crippen LogP) is 3.57. The molecule has 1 aromatic rings. The van der Waals surface area contributed by atoms with Crippen LogP contribution in [0.1, 0.15) is 0 Å². The fourth-order valence-corrected chi connectivity index (χ4v) is 1.12. The Morgan fingerprint density at radius 2 is 2.00 bits per heavy atom. The number of rotatable bonds is 2. The zero-order valence-electron chi connectivity index (χ0n) is 5.48. The van der Waals surface area contributed by atoms with Crippen LogP contribution in [-0.2, 0) is 0 Å². The molecule has 0 unspecified atom stereocenters. The second-order valence-electron chi connectivity index (χ2n) is 1.81. The van der Waals surface area contributed by atoms with Crippen LogP contribution in [0.2, 0.25) is 10.0 Å². The van der Waals surface area contributed by atoms with Gasteiger partial charge in [-0.05, 0) is 12.1 Å². The highest BCUT2D eigenvalue weighted by atomic mass is 35.5. The van der Waals surface area contributed by atoms with E-state index in [0.717, 1.165) is 0 Å². The quantitative estimate of drug-likeness (QED) is 0.680.